The average Bonchev–Trinajstić information content (AvgIpc) is 3.11. The van der Waals surface area contributed by atoms with Gasteiger partial charge in [-0.15, -0.1) is 17.0 Å². The van der Waals surface area contributed by atoms with E-state index < -0.39 is 5.60 Å². The lowest BCUT2D eigenvalue weighted by atomic mass is 9.93. The first kappa shape index (κ1) is 30.1. The van der Waals surface area contributed by atoms with E-state index in [1.165, 1.54) is 7.11 Å². The predicted octanol–water partition coefficient (Wildman–Crippen LogP) is 3.28. The Balaban J connectivity index is 0.00000481. The molecule has 0 atom stereocenters. The summed E-state index contributed by atoms with van der Waals surface area (Å²) in [5.74, 6) is 1.02. The van der Waals surface area contributed by atoms with Crippen LogP contribution in [0.15, 0.2) is 24.3 Å². The van der Waals surface area contributed by atoms with Crippen LogP contribution in [0, 0.1) is 5.41 Å². The molecule has 0 saturated heterocycles. The number of rotatable bonds is 10. The van der Waals surface area contributed by atoms with Crippen LogP contribution in [-0.2, 0) is 23.4 Å². The van der Waals surface area contributed by atoms with Crippen molar-refractivity contribution < 1.29 is 24.2 Å². The van der Waals surface area contributed by atoms with Crippen LogP contribution in [0.25, 0.3) is 0 Å². The van der Waals surface area contributed by atoms with Gasteiger partial charge in [0.1, 0.15) is 17.3 Å². The lowest BCUT2D eigenvalue weighted by Gasteiger charge is -2.27. The summed E-state index contributed by atoms with van der Waals surface area (Å²) in [6, 6.07) is 7.08. The number of aliphatic hydroxyl groups is 1. The van der Waals surface area contributed by atoms with Crippen molar-refractivity contribution in [3.63, 3.8) is 0 Å². The number of carbonyl (C=O) groups is 2. The molecule has 0 bridgehead atoms. The van der Waals surface area contributed by atoms with E-state index in [1.807, 2.05) is 38.1 Å². The van der Waals surface area contributed by atoms with Crippen LogP contribution in [0.5, 0.6) is 11.5 Å². The number of methoxy groups -OCH3 is 1. The van der Waals surface area contributed by atoms with Gasteiger partial charge in [0, 0.05) is 49.9 Å². The molecule has 0 spiro atoms. The van der Waals surface area contributed by atoms with Crippen molar-refractivity contribution in [3.05, 3.63) is 52.1 Å². The molecule has 3 N–H and O–H groups in total. The number of likely N-dealkylation sites (N-methyl/N-ethyl adjacent to an activating group) is 1. The van der Waals surface area contributed by atoms with Gasteiger partial charge in [0.15, 0.2) is 5.78 Å². The summed E-state index contributed by atoms with van der Waals surface area (Å²) in [5, 5.41) is 22.1. The number of ether oxygens (including phenoxy) is 2. The molecular formula is C27H37BrN4O5. The second kappa shape index (κ2) is 12.0. The fourth-order valence-corrected chi connectivity index (χ4v) is 4.34. The van der Waals surface area contributed by atoms with Gasteiger partial charge in [0.2, 0.25) is 5.91 Å². The molecule has 9 nitrogen and oxygen atoms in total. The molecule has 0 fully saturated rings. The molecule has 1 aliphatic rings. The molecule has 3 rings (SSSR count). The Morgan fingerprint density at radius 2 is 1.89 bits per heavy atom. The number of amidine groups is 1. The number of fused-ring (bicyclic) bond motifs is 1. The number of hydrogen-bond acceptors (Lipinski definition) is 7. The van der Waals surface area contributed by atoms with Gasteiger partial charge in [-0.3, -0.25) is 15.0 Å². The maximum Gasteiger partial charge on any atom is 0.224 e. The van der Waals surface area contributed by atoms with Crippen LogP contribution in [0.3, 0.4) is 0 Å². The Bertz CT molecular complexity index is 1190. The lowest BCUT2D eigenvalue weighted by molar-refractivity contribution is -0.119. The third kappa shape index (κ3) is 6.42. The van der Waals surface area contributed by atoms with Crippen molar-refractivity contribution in [2.45, 2.75) is 39.3 Å². The minimum atomic E-state index is -1.22. The molecule has 0 saturated carbocycles. The summed E-state index contributed by atoms with van der Waals surface area (Å²) < 4.78 is 11.3. The average molecular weight is 578 g/mol. The Morgan fingerprint density at radius 3 is 2.43 bits per heavy atom. The van der Waals surface area contributed by atoms with Gasteiger partial charge in [-0.25, -0.2) is 0 Å². The van der Waals surface area contributed by atoms with Crippen molar-refractivity contribution in [2.24, 2.45) is 0 Å². The molecule has 0 aromatic heterocycles. The van der Waals surface area contributed by atoms with Gasteiger partial charge < -0.3 is 29.7 Å². The maximum absolute atomic E-state index is 13.4. The zero-order chi connectivity index (χ0) is 26.8. The topological polar surface area (TPSA) is 115 Å². The summed E-state index contributed by atoms with van der Waals surface area (Å²) >= 11 is 0. The number of carbonyl (C=O) groups excluding carboxylic acids is 2. The molecule has 0 unspecified atom stereocenters. The van der Waals surface area contributed by atoms with Crippen LogP contribution >= 0.6 is 17.0 Å². The second-order valence-electron chi connectivity index (χ2n) is 9.56. The minimum Gasteiger partial charge on any atom is -0.494 e. The summed E-state index contributed by atoms with van der Waals surface area (Å²) in [4.78, 5) is 29.0. The monoisotopic (exact) mass is 576 g/mol. The lowest BCUT2D eigenvalue weighted by Crippen LogP contribution is -2.30. The number of hydrogen-bond donors (Lipinski definition) is 3. The Hall–Kier alpha value is -3.11. The van der Waals surface area contributed by atoms with Crippen molar-refractivity contribution >= 4 is 40.2 Å². The van der Waals surface area contributed by atoms with Gasteiger partial charge in [0.05, 0.1) is 38.0 Å². The normalized spacial score (nSPS) is 12.5. The highest BCUT2D eigenvalue weighted by Crippen LogP contribution is 2.39. The van der Waals surface area contributed by atoms with Crippen LogP contribution in [0.1, 0.15) is 53.4 Å². The fraction of sp³-hybridized carbons (Fsp3) is 0.444. The smallest absolute Gasteiger partial charge is 0.224 e. The Labute approximate surface area is 229 Å². The van der Waals surface area contributed by atoms with E-state index in [0.29, 0.717) is 52.6 Å². The summed E-state index contributed by atoms with van der Waals surface area (Å²) in [6.07, 6.45) is 0.143. The van der Waals surface area contributed by atoms with Crippen LogP contribution < -0.4 is 19.7 Å². The highest BCUT2D eigenvalue weighted by atomic mass is 79.9. The van der Waals surface area contributed by atoms with Crippen molar-refractivity contribution in [1.82, 2.24) is 10.2 Å². The first-order valence-electron chi connectivity index (χ1n) is 11.9. The molecule has 2 aromatic rings. The van der Waals surface area contributed by atoms with E-state index in [4.69, 9.17) is 14.9 Å². The van der Waals surface area contributed by atoms with Crippen molar-refractivity contribution in [1.29, 1.82) is 5.41 Å². The molecule has 37 heavy (non-hydrogen) atoms. The van der Waals surface area contributed by atoms with E-state index >= 15 is 0 Å². The third-order valence-corrected chi connectivity index (χ3v) is 6.22. The van der Waals surface area contributed by atoms with E-state index in [0.717, 1.165) is 5.56 Å². The summed E-state index contributed by atoms with van der Waals surface area (Å²) in [7, 11) is 6.81. The van der Waals surface area contributed by atoms with E-state index in [2.05, 4.69) is 5.32 Å². The van der Waals surface area contributed by atoms with Crippen LogP contribution in [0.4, 0.5) is 5.69 Å². The van der Waals surface area contributed by atoms with Gasteiger partial charge in [0.25, 0.3) is 0 Å². The molecule has 1 heterocycles. The van der Waals surface area contributed by atoms with E-state index in [1.54, 1.807) is 37.9 Å². The summed E-state index contributed by atoms with van der Waals surface area (Å²) in [5.41, 5.74) is 2.66. The van der Waals surface area contributed by atoms with Crippen molar-refractivity contribution in [3.8, 4) is 11.5 Å². The van der Waals surface area contributed by atoms with Crippen molar-refractivity contribution in [2.75, 3.05) is 46.3 Å². The van der Waals surface area contributed by atoms with E-state index in [9.17, 15) is 14.7 Å². The van der Waals surface area contributed by atoms with Crippen LogP contribution in [-0.4, -0.2) is 68.9 Å². The minimum absolute atomic E-state index is 0. The highest BCUT2D eigenvalue weighted by molar-refractivity contribution is 8.93. The van der Waals surface area contributed by atoms with Gasteiger partial charge in [-0.05, 0) is 50.6 Å². The molecule has 0 radical (unpaired) electrons. The molecule has 0 aliphatic carbocycles. The first-order valence-corrected chi connectivity index (χ1v) is 11.9. The SMILES string of the molecule is Br.CCOc1cc2c(cc1CC(=O)NC)C(=N)N(CC(=O)c1cc(N(C)C)c(OC)c(C(C)(C)O)c1)C2. The number of nitrogens with zero attached hydrogens (tertiary/aromatic N) is 2. The predicted molar refractivity (Wildman–Crippen MR) is 150 cm³/mol. The zero-order valence-electron chi connectivity index (χ0n) is 22.5. The second-order valence-corrected chi connectivity index (χ2v) is 9.56. The number of ketones is 1. The fourth-order valence-electron chi connectivity index (χ4n) is 4.34. The molecular weight excluding hydrogens is 540 g/mol. The van der Waals surface area contributed by atoms with Gasteiger partial charge >= 0.3 is 0 Å². The number of halogens is 1. The number of benzene rings is 2. The first-order chi connectivity index (χ1) is 16.9. The zero-order valence-corrected chi connectivity index (χ0v) is 24.2. The third-order valence-electron chi connectivity index (χ3n) is 6.22. The summed E-state index contributed by atoms with van der Waals surface area (Å²) in [6.45, 7) is 6.01. The number of anilines is 1. The Morgan fingerprint density at radius 1 is 1.22 bits per heavy atom. The Kier molecular flexibility index (Phi) is 9.73. The number of amides is 1. The molecule has 10 heteroatoms. The largest absolute Gasteiger partial charge is 0.494 e. The van der Waals surface area contributed by atoms with Gasteiger partial charge in [-0.1, -0.05) is 0 Å². The number of nitrogens with one attached hydrogen (secondary N) is 2. The van der Waals surface area contributed by atoms with E-state index in [-0.39, 0.29) is 47.5 Å². The molecule has 1 aliphatic heterocycles. The highest BCUT2D eigenvalue weighted by Gasteiger charge is 2.30. The van der Waals surface area contributed by atoms with Gasteiger partial charge in [-0.2, -0.15) is 0 Å². The maximum atomic E-state index is 13.4. The molecule has 2 aromatic carbocycles. The van der Waals surface area contributed by atoms with Crippen LogP contribution in [0.2, 0.25) is 0 Å². The molecule has 1 amide bonds. The molecule has 202 valence electrons. The number of Topliss-reactive ketones (excluding diaryl/α,β-unsaturated/α-hetero) is 1. The standard InChI is InChI=1S/C27H36N4O5.BrH/c1-8-36-23-12-18-14-31(26(28)19(18)9-17(23)13-24(33)29-4)15-22(32)16-10-20(27(2,3)34)25(35-7)21(11-16)30(5)6;/h9-12,28,34H,8,13-15H2,1-7H3,(H,29,33);1H. The quantitative estimate of drug-likeness (QED) is 0.372.